The van der Waals surface area contributed by atoms with Gasteiger partial charge in [-0.15, -0.1) is 0 Å². The van der Waals surface area contributed by atoms with Crippen LogP contribution in [0.1, 0.15) is 29.8 Å². The zero-order valence-electron chi connectivity index (χ0n) is 15.8. The summed E-state index contributed by atoms with van der Waals surface area (Å²) in [6.07, 6.45) is 3.16. The summed E-state index contributed by atoms with van der Waals surface area (Å²) in [6.45, 7) is 7.49. The number of aliphatic hydroxyl groups excluding tert-OH is 1. The Labute approximate surface area is 157 Å². The van der Waals surface area contributed by atoms with Gasteiger partial charge in [0, 0.05) is 44.5 Å². The largest absolute Gasteiger partial charge is 0.396 e. The molecular formula is C22H31N3O. The van der Waals surface area contributed by atoms with Crippen LogP contribution in [0.4, 0.5) is 0 Å². The van der Waals surface area contributed by atoms with Crippen LogP contribution in [-0.4, -0.2) is 58.7 Å². The molecule has 2 heterocycles. The maximum absolute atomic E-state index is 9.50. The average Bonchev–Trinajstić information content (AvgIpc) is 2.65. The number of aliphatic hydroxyl groups is 1. The molecule has 0 amide bonds. The second-order valence-corrected chi connectivity index (χ2v) is 7.30. The van der Waals surface area contributed by atoms with Crippen molar-refractivity contribution in [3.05, 3.63) is 65.5 Å². The fourth-order valence-corrected chi connectivity index (χ4v) is 3.84. The minimum atomic E-state index is 0.250. The first-order valence-electron chi connectivity index (χ1n) is 9.78. The zero-order valence-corrected chi connectivity index (χ0v) is 15.8. The lowest BCUT2D eigenvalue weighted by molar-refractivity contribution is 0.0524. The molecule has 140 valence electrons. The van der Waals surface area contributed by atoms with Crippen molar-refractivity contribution in [3.8, 4) is 0 Å². The smallest absolute Gasteiger partial charge is 0.0547 e. The van der Waals surface area contributed by atoms with E-state index in [4.69, 9.17) is 0 Å². The van der Waals surface area contributed by atoms with Crippen LogP contribution in [0.3, 0.4) is 0 Å². The molecule has 0 bridgehead atoms. The Morgan fingerprint density at radius 3 is 2.69 bits per heavy atom. The zero-order chi connectivity index (χ0) is 18.2. The minimum absolute atomic E-state index is 0.250. The molecule has 3 rings (SSSR count). The van der Waals surface area contributed by atoms with Gasteiger partial charge in [0.2, 0.25) is 0 Å². The van der Waals surface area contributed by atoms with Crippen LogP contribution in [0.15, 0.2) is 48.5 Å². The highest BCUT2D eigenvalue weighted by atomic mass is 16.3. The molecule has 0 unspecified atom stereocenters. The van der Waals surface area contributed by atoms with Crippen LogP contribution < -0.4 is 0 Å². The Bertz CT molecular complexity index is 661. The van der Waals surface area contributed by atoms with Crippen molar-refractivity contribution in [2.45, 2.75) is 38.8 Å². The second-order valence-electron chi connectivity index (χ2n) is 7.30. The molecule has 26 heavy (non-hydrogen) atoms. The molecule has 1 aromatic carbocycles. The maximum Gasteiger partial charge on any atom is 0.0547 e. The Balaban J connectivity index is 1.50. The molecule has 1 aliphatic rings. The summed E-state index contributed by atoms with van der Waals surface area (Å²) in [5, 5.41) is 9.50. The number of hydrogen-bond acceptors (Lipinski definition) is 4. The predicted molar refractivity (Wildman–Crippen MR) is 106 cm³/mol. The Hall–Kier alpha value is -1.75. The number of piperazine rings is 1. The fourth-order valence-electron chi connectivity index (χ4n) is 3.84. The lowest BCUT2D eigenvalue weighted by Crippen LogP contribution is -2.53. The van der Waals surface area contributed by atoms with Crippen LogP contribution in [0.2, 0.25) is 0 Å². The molecule has 1 saturated heterocycles. The number of benzene rings is 1. The molecule has 0 saturated carbocycles. The molecule has 1 aromatic heterocycles. The highest BCUT2D eigenvalue weighted by Crippen LogP contribution is 2.17. The molecule has 1 aliphatic heterocycles. The third-order valence-corrected chi connectivity index (χ3v) is 5.24. The highest BCUT2D eigenvalue weighted by molar-refractivity contribution is 5.14. The number of nitrogens with zero attached hydrogens (tertiary/aromatic N) is 3. The van der Waals surface area contributed by atoms with E-state index in [1.54, 1.807) is 0 Å². The van der Waals surface area contributed by atoms with Crippen LogP contribution in [0, 0.1) is 6.92 Å². The van der Waals surface area contributed by atoms with Gasteiger partial charge in [0.05, 0.1) is 5.69 Å². The summed E-state index contributed by atoms with van der Waals surface area (Å²) in [5.74, 6) is 0. The molecular weight excluding hydrogens is 322 g/mol. The SMILES string of the molecule is Cc1cccc(CN2CCN(CCCc3ccccc3)C[C@@H]2CCO)n1. The van der Waals surface area contributed by atoms with Gasteiger partial charge in [0.1, 0.15) is 0 Å². The van der Waals surface area contributed by atoms with E-state index < -0.39 is 0 Å². The molecule has 1 atom stereocenters. The number of hydrogen-bond donors (Lipinski definition) is 1. The van der Waals surface area contributed by atoms with Crippen molar-refractivity contribution in [2.75, 3.05) is 32.8 Å². The summed E-state index contributed by atoms with van der Waals surface area (Å²) in [6, 6.07) is 17.4. The lowest BCUT2D eigenvalue weighted by Gasteiger charge is -2.41. The van der Waals surface area contributed by atoms with E-state index in [2.05, 4.69) is 57.2 Å². The summed E-state index contributed by atoms with van der Waals surface area (Å²) in [4.78, 5) is 9.70. The monoisotopic (exact) mass is 353 g/mol. The molecule has 2 aromatic rings. The van der Waals surface area contributed by atoms with E-state index in [9.17, 15) is 5.11 Å². The van der Waals surface area contributed by atoms with Gasteiger partial charge in [-0.1, -0.05) is 36.4 Å². The molecule has 0 radical (unpaired) electrons. The van der Waals surface area contributed by atoms with Gasteiger partial charge in [-0.2, -0.15) is 0 Å². The Kier molecular flexibility index (Phi) is 7.18. The van der Waals surface area contributed by atoms with E-state index in [0.717, 1.165) is 57.0 Å². The molecule has 0 spiro atoms. The molecule has 1 N–H and O–H groups in total. The molecule has 4 heteroatoms. The fraction of sp³-hybridized carbons (Fsp3) is 0.500. The molecule has 0 aliphatic carbocycles. The van der Waals surface area contributed by atoms with Crippen LogP contribution in [0.25, 0.3) is 0 Å². The van der Waals surface area contributed by atoms with Gasteiger partial charge in [0.25, 0.3) is 0 Å². The quantitative estimate of drug-likeness (QED) is 0.792. The normalized spacial score (nSPS) is 18.9. The predicted octanol–water partition coefficient (Wildman–Crippen LogP) is 2.89. The third-order valence-electron chi connectivity index (χ3n) is 5.24. The van der Waals surface area contributed by atoms with Crippen LogP contribution in [-0.2, 0) is 13.0 Å². The standard InChI is InChI=1S/C22H31N3O/c1-19-7-5-11-21(23-19)17-25-15-14-24(18-22(25)12-16-26)13-6-10-20-8-3-2-4-9-20/h2-5,7-9,11,22,26H,6,10,12-18H2,1H3/t22-/m0/s1. The minimum Gasteiger partial charge on any atom is -0.396 e. The van der Waals surface area contributed by atoms with Gasteiger partial charge in [-0.3, -0.25) is 9.88 Å². The molecule has 4 nitrogen and oxygen atoms in total. The van der Waals surface area contributed by atoms with Gasteiger partial charge < -0.3 is 10.0 Å². The van der Waals surface area contributed by atoms with Crippen molar-refractivity contribution in [1.29, 1.82) is 0 Å². The van der Waals surface area contributed by atoms with Crippen LogP contribution in [0.5, 0.6) is 0 Å². The van der Waals surface area contributed by atoms with Crippen molar-refractivity contribution >= 4 is 0 Å². The van der Waals surface area contributed by atoms with Crippen molar-refractivity contribution in [1.82, 2.24) is 14.8 Å². The lowest BCUT2D eigenvalue weighted by atomic mass is 10.1. The average molecular weight is 354 g/mol. The first kappa shape index (κ1) is 19.0. The van der Waals surface area contributed by atoms with E-state index in [-0.39, 0.29) is 6.61 Å². The summed E-state index contributed by atoms with van der Waals surface area (Å²) in [5.41, 5.74) is 3.62. The number of aromatic nitrogens is 1. The summed E-state index contributed by atoms with van der Waals surface area (Å²) in [7, 11) is 0. The summed E-state index contributed by atoms with van der Waals surface area (Å²) >= 11 is 0. The van der Waals surface area contributed by atoms with E-state index in [0.29, 0.717) is 6.04 Å². The molecule has 1 fully saturated rings. The van der Waals surface area contributed by atoms with Gasteiger partial charge >= 0.3 is 0 Å². The van der Waals surface area contributed by atoms with Crippen molar-refractivity contribution in [2.24, 2.45) is 0 Å². The van der Waals surface area contributed by atoms with Gasteiger partial charge in [-0.05, 0) is 50.4 Å². The number of rotatable bonds is 8. The maximum atomic E-state index is 9.50. The topological polar surface area (TPSA) is 39.6 Å². The van der Waals surface area contributed by atoms with Crippen LogP contribution >= 0.6 is 0 Å². The van der Waals surface area contributed by atoms with E-state index in [1.165, 1.54) is 12.0 Å². The number of aryl methyl sites for hydroxylation is 2. The van der Waals surface area contributed by atoms with E-state index in [1.807, 2.05) is 13.0 Å². The van der Waals surface area contributed by atoms with Crippen molar-refractivity contribution < 1.29 is 5.11 Å². The van der Waals surface area contributed by atoms with Crippen molar-refractivity contribution in [3.63, 3.8) is 0 Å². The van der Waals surface area contributed by atoms with Gasteiger partial charge in [0.15, 0.2) is 0 Å². The third kappa shape index (κ3) is 5.63. The van der Waals surface area contributed by atoms with E-state index >= 15 is 0 Å². The Morgan fingerprint density at radius 2 is 1.92 bits per heavy atom. The summed E-state index contributed by atoms with van der Waals surface area (Å²) < 4.78 is 0. The number of pyridine rings is 1. The first-order chi connectivity index (χ1) is 12.7. The Morgan fingerprint density at radius 1 is 1.08 bits per heavy atom. The first-order valence-corrected chi connectivity index (χ1v) is 9.78. The highest BCUT2D eigenvalue weighted by Gasteiger charge is 2.26. The van der Waals surface area contributed by atoms with Gasteiger partial charge in [-0.25, -0.2) is 0 Å². The second kappa shape index (κ2) is 9.81.